The van der Waals surface area contributed by atoms with E-state index in [4.69, 9.17) is 4.74 Å². The number of hydrogen-bond donors (Lipinski definition) is 1. The fourth-order valence-electron chi connectivity index (χ4n) is 5.03. The van der Waals surface area contributed by atoms with E-state index in [1.165, 1.54) is 0 Å². The number of nitrogens with zero attached hydrogens (tertiary/aromatic N) is 2. The topological polar surface area (TPSA) is 61.9 Å². The molecule has 1 N–H and O–H groups in total. The van der Waals surface area contributed by atoms with Gasteiger partial charge in [0.1, 0.15) is 0 Å². The van der Waals surface area contributed by atoms with Crippen molar-refractivity contribution in [2.45, 2.75) is 77.9 Å². The van der Waals surface area contributed by atoms with Gasteiger partial charge in [0.05, 0.1) is 6.10 Å². The minimum Gasteiger partial charge on any atom is -0.377 e. The smallest absolute Gasteiger partial charge is 0.227 e. The van der Waals surface area contributed by atoms with Crippen molar-refractivity contribution in [3.05, 3.63) is 23.8 Å². The molecule has 3 rings (SSSR count). The molecule has 6 nitrogen and oxygen atoms in total. The van der Waals surface area contributed by atoms with Gasteiger partial charge in [-0.15, -0.1) is 0 Å². The van der Waals surface area contributed by atoms with Gasteiger partial charge in [0.25, 0.3) is 0 Å². The number of rotatable bonds is 10. The van der Waals surface area contributed by atoms with Crippen molar-refractivity contribution in [1.29, 1.82) is 0 Å². The van der Waals surface area contributed by atoms with Crippen LogP contribution >= 0.6 is 0 Å². The summed E-state index contributed by atoms with van der Waals surface area (Å²) in [6.07, 6.45) is 8.10. The summed E-state index contributed by atoms with van der Waals surface area (Å²) in [5.41, 5.74) is 2.93. The second-order valence-electron chi connectivity index (χ2n) is 9.58. The van der Waals surface area contributed by atoms with Crippen LogP contribution in [-0.2, 0) is 20.9 Å². The second-order valence-corrected chi connectivity index (χ2v) is 9.58. The summed E-state index contributed by atoms with van der Waals surface area (Å²) in [6, 6.07) is 6.06. The van der Waals surface area contributed by atoms with Gasteiger partial charge in [0, 0.05) is 57.0 Å². The lowest BCUT2D eigenvalue weighted by Crippen LogP contribution is -2.40. The Kier molecular flexibility index (Phi) is 8.97. The summed E-state index contributed by atoms with van der Waals surface area (Å²) in [5.74, 6) is 0.481. The maximum atomic E-state index is 13.4. The Morgan fingerprint density at radius 3 is 2.41 bits per heavy atom. The van der Waals surface area contributed by atoms with Crippen LogP contribution in [0.2, 0.25) is 0 Å². The van der Waals surface area contributed by atoms with Crippen LogP contribution in [0.25, 0.3) is 0 Å². The summed E-state index contributed by atoms with van der Waals surface area (Å²) >= 11 is 0. The molecule has 32 heavy (non-hydrogen) atoms. The minimum atomic E-state index is 0.0319. The molecule has 1 aliphatic heterocycles. The van der Waals surface area contributed by atoms with Crippen LogP contribution < -0.4 is 10.2 Å². The van der Waals surface area contributed by atoms with Gasteiger partial charge >= 0.3 is 0 Å². The highest BCUT2D eigenvalue weighted by Crippen LogP contribution is 2.29. The van der Waals surface area contributed by atoms with Gasteiger partial charge < -0.3 is 19.9 Å². The summed E-state index contributed by atoms with van der Waals surface area (Å²) in [7, 11) is 4.03. The van der Waals surface area contributed by atoms with Crippen LogP contribution in [0.4, 0.5) is 11.4 Å². The molecule has 2 aliphatic rings. The molecule has 2 fully saturated rings. The van der Waals surface area contributed by atoms with Gasteiger partial charge in [-0.1, -0.05) is 26.7 Å². The van der Waals surface area contributed by atoms with Crippen LogP contribution in [-0.4, -0.2) is 50.1 Å². The van der Waals surface area contributed by atoms with Crippen LogP contribution in [0.15, 0.2) is 18.2 Å². The Hall–Kier alpha value is -2.08. The quantitative estimate of drug-likeness (QED) is 0.563. The van der Waals surface area contributed by atoms with Crippen molar-refractivity contribution in [1.82, 2.24) is 4.90 Å². The molecule has 0 radical (unpaired) electrons. The largest absolute Gasteiger partial charge is 0.377 e. The Morgan fingerprint density at radius 1 is 1.09 bits per heavy atom. The zero-order valence-corrected chi connectivity index (χ0v) is 20.4. The van der Waals surface area contributed by atoms with E-state index < -0.39 is 0 Å². The molecule has 1 aromatic rings. The highest BCUT2D eigenvalue weighted by Gasteiger charge is 2.28. The third kappa shape index (κ3) is 6.25. The van der Waals surface area contributed by atoms with Crippen molar-refractivity contribution in [3.8, 4) is 0 Å². The molecule has 1 saturated heterocycles. The molecule has 1 atom stereocenters. The summed E-state index contributed by atoms with van der Waals surface area (Å²) < 4.78 is 5.87. The minimum absolute atomic E-state index is 0.0319. The van der Waals surface area contributed by atoms with Crippen LogP contribution in [0.1, 0.15) is 70.8 Å². The maximum absolute atomic E-state index is 13.4. The maximum Gasteiger partial charge on any atom is 0.227 e. The van der Waals surface area contributed by atoms with Gasteiger partial charge in [-0.2, -0.15) is 0 Å². The van der Waals surface area contributed by atoms with E-state index in [1.807, 2.05) is 37.2 Å². The predicted octanol–water partition coefficient (Wildman–Crippen LogP) is 4.83. The summed E-state index contributed by atoms with van der Waals surface area (Å²) in [5, 5.41) is 3.13. The van der Waals surface area contributed by atoms with Crippen molar-refractivity contribution in [2.75, 3.05) is 37.5 Å². The van der Waals surface area contributed by atoms with Crippen molar-refractivity contribution >= 4 is 23.2 Å². The first-order chi connectivity index (χ1) is 15.4. The lowest BCUT2D eigenvalue weighted by atomic mass is 10.0. The third-order valence-corrected chi connectivity index (χ3v) is 7.01. The van der Waals surface area contributed by atoms with Gasteiger partial charge in [-0.05, 0) is 62.3 Å². The average molecular weight is 444 g/mol. The van der Waals surface area contributed by atoms with E-state index in [0.29, 0.717) is 13.1 Å². The molecule has 0 spiro atoms. The van der Waals surface area contributed by atoms with Crippen molar-refractivity contribution < 1.29 is 14.3 Å². The predicted molar refractivity (Wildman–Crippen MR) is 130 cm³/mol. The third-order valence-electron chi connectivity index (χ3n) is 7.01. The number of nitrogens with one attached hydrogen (secondary N) is 1. The number of carbonyl (C=O) groups is 2. The van der Waals surface area contributed by atoms with Gasteiger partial charge in [-0.25, -0.2) is 0 Å². The molecule has 178 valence electrons. The van der Waals surface area contributed by atoms with Gasteiger partial charge in [-0.3, -0.25) is 9.59 Å². The zero-order valence-electron chi connectivity index (χ0n) is 20.4. The average Bonchev–Trinajstić information content (AvgIpc) is 3.48. The standard InChI is InChI=1S/C26H41N3O3/c1-5-19(6-2)26(31)29(18-23-12-9-15-32-23)17-21-16-22(13-14-24(21)28(3)4)27-25(30)20-10-7-8-11-20/h13-14,16,19-20,23H,5-12,15,17-18H2,1-4H3,(H,27,30)/t23-/m1/s1. The first-order valence-corrected chi connectivity index (χ1v) is 12.4. The summed E-state index contributed by atoms with van der Waals surface area (Å²) in [6.45, 7) is 6.10. The highest BCUT2D eigenvalue weighted by molar-refractivity contribution is 5.93. The molecule has 0 aromatic heterocycles. The molecule has 1 saturated carbocycles. The normalized spacial score (nSPS) is 18.8. The lowest BCUT2D eigenvalue weighted by molar-refractivity contribution is -0.138. The molecule has 2 amide bonds. The lowest BCUT2D eigenvalue weighted by Gasteiger charge is -2.30. The monoisotopic (exact) mass is 443 g/mol. The number of benzene rings is 1. The van der Waals surface area contributed by atoms with Crippen LogP contribution in [0.5, 0.6) is 0 Å². The van der Waals surface area contributed by atoms with E-state index in [0.717, 1.165) is 74.9 Å². The van der Waals surface area contributed by atoms with E-state index in [1.54, 1.807) is 0 Å². The van der Waals surface area contributed by atoms with Crippen LogP contribution in [0.3, 0.4) is 0 Å². The highest BCUT2D eigenvalue weighted by atomic mass is 16.5. The Morgan fingerprint density at radius 2 is 1.81 bits per heavy atom. The first kappa shape index (κ1) is 24.6. The van der Waals surface area contributed by atoms with E-state index in [9.17, 15) is 9.59 Å². The number of amides is 2. The fraction of sp³-hybridized carbons (Fsp3) is 0.692. The number of carbonyl (C=O) groups excluding carboxylic acids is 2. The fourth-order valence-corrected chi connectivity index (χ4v) is 5.03. The molecule has 1 aliphatic carbocycles. The number of anilines is 2. The van der Waals surface area contributed by atoms with Gasteiger partial charge in [0.15, 0.2) is 0 Å². The van der Waals surface area contributed by atoms with Crippen molar-refractivity contribution in [2.24, 2.45) is 11.8 Å². The molecule has 0 bridgehead atoms. The molecule has 1 aromatic carbocycles. The molecular weight excluding hydrogens is 402 g/mol. The van der Waals surface area contributed by atoms with E-state index in [-0.39, 0.29) is 29.8 Å². The SMILES string of the molecule is CCC(CC)C(=O)N(Cc1cc(NC(=O)C2CCCC2)ccc1N(C)C)C[C@H]1CCCO1. The molecule has 1 heterocycles. The Labute approximate surface area is 193 Å². The van der Waals surface area contributed by atoms with E-state index in [2.05, 4.69) is 24.1 Å². The molecule has 0 unspecified atom stereocenters. The summed E-state index contributed by atoms with van der Waals surface area (Å²) in [4.78, 5) is 30.1. The van der Waals surface area contributed by atoms with Gasteiger partial charge in [0.2, 0.25) is 11.8 Å². The molecular formula is C26H41N3O3. The molecule has 6 heteroatoms. The first-order valence-electron chi connectivity index (χ1n) is 12.4. The Balaban J connectivity index is 1.83. The van der Waals surface area contributed by atoms with E-state index >= 15 is 0 Å². The van der Waals surface area contributed by atoms with Crippen LogP contribution in [0, 0.1) is 11.8 Å². The number of ether oxygens (including phenoxy) is 1. The number of hydrogen-bond acceptors (Lipinski definition) is 4. The Bertz CT molecular complexity index is 764. The van der Waals surface area contributed by atoms with Crippen molar-refractivity contribution in [3.63, 3.8) is 0 Å². The zero-order chi connectivity index (χ0) is 23.1. The second kappa shape index (κ2) is 11.7.